The molecule has 0 bridgehead atoms. The Balaban J connectivity index is 1.77. The van der Waals surface area contributed by atoms with E-state index in [-0.39, 0.29) is 6.54 Å². The summed E-state index contributed by atoms with van der Waals surface area (Å²) in [6.07, 6.45) is 2.22. The van der Waals surface area contributed by atoms with Gasteiger partial charge in [0.2, 0.25) is 11.6 Å². The van der Waals surface area contributed by atoms with Crippen molar-refractivity contribution < 1.29 is 17.6 Å². The number of H-pyrrole nitrogens is 1. The molecule has 3 rings (SSSR count). The average Bonchev–Trinajstić information content (AvgIpc) is 2.91. The molecule has 0 unspecified atom stereocenters. The average molecular weight is 323 g/mol. The first-order chi connectivity index (χ1) is 11.0. The highest BCUT2D eigenvalue weighted by Gasteiger charge is 2.20. The highest BCUT2D eigenvalue weighted by Crippen LogP contribution is 2.23. The fourth-order valence-electron chi connectivity index (χ4n) is 2.47. The van der Waals surface area contributed by atoms with Gasteiger partial charge in [0.05, 0.1) is 0 Å². The lowest BCUT2D eigenvalue weighted by atomic mass is 10.1. The molecule has 0 atom stereocenters. The summed E-state index contributed by atoms with van der Waals surface area (Å²) in [6, 6.07) is 5.89. The molecule has 7 heteroatoms. The SMILES string of the molecule is Cc1ccc2c(CCNc3c(F)c(F)nc(F)c3F)c[nH]c2c1. The Hall–Kier alpha value is -2.57. The summed E-state index contributed by atoms with van der Waals surface area (Å²) in [7, 11) is 0. The summed E-state index contributed by atoms with van der Waals surface area (Å²) in [4.78, 5) is 5.62. The summed E-state index contributed by atoms with van der Waals surface area (Å²) in [5, 5.41) is 3.38. The number of aromatic amines is 1. The van der Waals surface area contributed by atoms with Gasteiger partial charge in [0.15, 0.2) is 0 Å². The van der Waals surface area contributed by atoms with E-state index in [0.29, 0.717) is 6.42 Å². The van der Waals surface area contributed by atoms with Crippen LogP contribution in [0.4, 0.5) is 23.2 Å². The van der Waals surface area contributed by atoms with Crippen molar-refractivity contribution in [3.63, 3.8) is 0 Å². The van der Waals surface area contributed by atoms with Crippen molar-refractivity contribution in [2.75, 3.05) is 11.9 Å². The molecule has 1 aromatic carbocycles. The Bertz CT molecular complexity index is 847. The molecule has 2 N–H and O–H groups in total. The lowest BCUT2D eigenvalue weighted by Gasteiger charge is -2.09. The highest BCUT2D eigenvalue weighted by molar-refractivity contribution is 5.83. The highest BCUT2D eigenvalue weighted by atomic mass is 19.2. The van der Waals surface area contributed by atoms with Gasteiger partial charge in [-0.05, 0) is 30.5 Å². The van der Waals surface area contributed by atoms with E-state index in [2.05, 4.69) is 15.3 Å². The van der Waals surface area contributed by atoms with Gasteiger partial charge in [-0.3, -0.25) is 0 Å². The maximum absolute atomic E-state index is 13.5. The van der Waals surface area contributed by atoms with E-state index >= 15 is 0 Å². The van der Waals surface area contributed by atoms with Crippen LogP contribution in [0.1, 0.15) is 11.1 Å². The minimum Gasteiger partial charge on any atom is -0.380 e. The molecule has 0 aliphatic carbocycles. The zero-order valence-corrected chi connectivity index (χ0v) is 12.2. The number of anilines is 1. The summed E-state index contributed by atoms with van der Waals surface area (Å²) >= 11 is 0. The van der Waals surface area contributed by atoms with Crippen LogP contribution in [0.2, 0.25) is 0 Å². The molecule has 0 spiro atoms. The molecule has 0 aliphatic rings. The van der Waals surface area contributed by atoms with Crippen molar-refractivity contribution in [3.05, 3.63) is 59.1 Å². The predicted octanol–water partition coefficient (Wildman–Crippen LogP) is 4.08. The van der Waals surface area contributed by atoms with E-state index in [9.17, 15) is 17.6 Å². The second kappa shape index (κ2) is 5.91. The second-order valence-electron chi connectivity index (χ2n) is 5.24. The van der Waals surface area contributed by atoms with E-state index in [1.165, 1.54) is 0 Å². The largest absolute Gasteiger partial charge is 0.380 e. The van der Waals surface area contributed by atoms with Crippen LogP contribution in [0.25, 0.3) is 10.9 Å². The predicted molar refractivity (Wildman–Crippen MR) is 79.3 cm³/mol. The minimum absolute atomic E-state index is 0.109. The van der Waals surface area contributed by atoms with Gasteiger partial charge in [-0.25, -0.2) is 0 Å². The number of hydrogen-bond donors (Lipinski definition) is 2. The second-order valence-corrected chi connectivity index (χ2v) is 5.24. The molecule has 3 nitrogen and oxygen atoms in total. The van der Waals surface area contributed by atoms with E-state index in [1.54, 1.807) is 6.20 Å². The number of fused-ring (bicyclic) bond motifs is 1. The monoisotopic (exact) mass is 323 g/mol. The topological polar surface area (TPSA) is 40.7 Å². The van der Waals surface area contributed by atoms with E-state index in [0.717, 1.165) is 22.0 Å². The standard InChI is InChI=1S/C16H13F4N3/c1-8-2-3-10-9(7-22-11(10)6-8)4-5-21-14-12(17)15(19)23-16(20)13(14)18/h2-3,6-7,22H,4-5H2,1H3,(H,21,23). The Kier molecular flexibility index (Phi) is 3.94. The maximum Gasteiger partial charge on any atom is 0.253 e. The third-order valence-corrected chi connectivity index (χ3v) is 3.62. The van der Waals surface area contributed by atoms with Crippen LogP contribution in [0.3, 0.4) is 0 Å². The number of aromatic nitrogens is 2. The van der Waals surface area contributed by atoms with Crippen LogP contribution >= 0.6 is 0 Å². The number of benzene rings is 1. The van der Waals surface area contributed by atoms with E-state index < -0.39 is 29.2 Å². The van der Waals surface area contributed by atoms with Gasteiger partial charge in [-0.2, -0.15) is 22.5 Å². The maximum atomic E-state index is 13.5. The first-order valence-electron chi connectivity index (χ1n) is 6.98. The molecular formula is C16H13F4N3. The van der Waals surface area contributed by atoms with E-state index in [4.69, 9.17) is 0 Å². The number of pyridine rings is 1. The molecule has 120 valence electrons. The third kappa shape index (κ3) is 2.86. The first-order valence-corrected chi connectivity index (χ1v) is 6.98. The zero-order valence-electron chi connectivity index (χ0n) is 12.2. The molecule has 0 saturated carbocycles. The van der Waals surface area contributed by atoms with Crippen molar-refractivity contribution in [1.29, 1.82) is 0 Å². The van der Waals surface area contributed by atoms with Crippen LogP contribution in [0.15, 0.2) is 24.4 Å². The molecule has 0 fully saturated rings. The molecule has 0 aliphatic heterocycles. The Labute approximate surface area is 129 Å². The van der Waals surface area contributed by atoms with Crippen LogP contribution in [0.5, 0.6) is 0 Å². The quantitative estimate of drug-likeness (QED) is 0.561. The number of hydrogen-bond acceptors (Lipinski definition) is 2. The van der Waals surface area contributed by atoms with Gasteiger partial charge in [-0.1, -0.05) is 12.1 Å². The summed E-state index contributed by atoms with van der Waals surface area (Å²) in [5.74, 6) is -6.40. The normalized spacial score (nSPS) is 11.2. The minimum atomic E-state index is -1.67. The summed E-state index contributed by atoms with van der Waals surface area (Å²) < 4.78 is 53.0. The van der Waals surface area contributed by atoms with Crippen molar-refractivity contribution in [3.8, 4) is 0 Å². The van der Waals surface area contributed by atoms with Crippen molar-refractivity contribution in [2.24, 2.45) is 0 Å². The van der Waals surface area contributed by atoms with Crippen LogP contribution in [0, 0.1) is 30.5 Å². The molecular weight excluding hydrogens is 310 g/mol. The van der Waals surface area contributed by atoms with Gasteiger partial charge in [0.1, 0.15) is 5.69 Å². The molecule has 23 heavy (non-hydrogen) atoms. The van der Waals surface area contributed by atoms with Gasteiger partial charge < -0.3 is 10.3 Å². The lowest BCUT2D eigenvalue weighted by molar-refractivity contribution is 0.410. The molecule has 0 saturated heterocycles. The van der Waals surface area contributed by atoms with Crippen LogP contribution in [-0.2, 0) is 6.42 Å². The summed E-state index contributed by atoms with van der Waals surface area (Å²) in [5.41, 5.74) is 2.16. The number of aryl methyl sites for hydroxylation is 1. The smallest absolute Gasteiger partial charge is 0.253 e. The number of rotatable bonds is 4. The molecule has 2 heterocycles. The number of nitrogens with zero attached hydrogens (tertiary/aromatic N) is 1. The van der Waals surface area contributed by atoms with Gasteiger partial charge in [0.25, 0.3) is 11.9 Å². The van der Waals surface area contributed by atoms with Crippen molar-refractivity contribution >= 4 is 16.6 Å². The van der Waals surface area contributed by atoms with Crippen LogP contribution < -0.4 is 5.32 Å². The molecule has 2 aromatic heterocycles. The Morgan fingerprint density at radius 2 is 1.78 bits per heavy atom. The van der Waals surface area contributed by atoms with Gasteiger partial charge >= 0.3 is 0 Å². The first kappa shape index (κ1) is 15.3. The van der Waals surface area contributed by atoms with E-state index in [1.807, 2.05) is 25.1 Å². The zero-order chi connectivity index (χ0) is 16.6. The molecule has 0 amide bonds. The van der Waals surface area contributed by atoms with Crippen LogP contribution in [-0.4, -0.2) is 16.5 Å². The Morgan fingerprint density at radius 3 is 2.48 bits per heavy atom. The summed E-state index contributed by atoms with van der Waals surface area (Å²) in [6.45, 7) is 2.08. The van der Waals surface area contributed by atoms with Crippen molar-refractivity contribution in [2.45, 2.75) is 13.3 Å². The molecule has 0 radical (unpaired) electrons. The lowest BCUT2D eigenvalue weighted by Crippen LogP contribution is -2.12. The van der Waals surface area contributed by atoms with Gasteiger partial charge in [0, 0.05) is 23.6 Å². The number of nitrogens with one attached hydrogen (secondary N) is 2. The van der Waals surface area contributed by atoms with Gasteiger partial charge in [-0.15, -0.1) is 0 Å². The fraction of sp³-hybridized carbons (Fsp3) is 0.188. The Morgan fingerprint density at radius 1 is 1.09 bits per heavy atom. The van der Waals surface area contributed by atoms with Crippen molar-refractivity contribution in [1.82, 2.24) is 9.97 Å². The number of halogens is 4. The molecule has 3 aromatic rings. The fourth-order valence-corrected chi connectivity index (χ4v) is 2.47. The third-order valence-electron chi connectivity index (χ3n) is 3.62.